The highest BCUT2D eigenvalue weighted by Crippen LogP contribution is 2.30. The monoisotopic (exact) mass is 348 g/mol. The van der Waals surface area contributed by atoms with Gasteiger partial charge in [0.1, 0.15) is 6.54 Å². The maximum Gasteiger partial charge on any atom is 0.323 e. The lowest BCUT2D eigenvalue weighted by atomic mass is 10.3. The van der Waals surface area contributed by atoms with Gasteiger partial charge < -0.3 is 15.3 Å². The largest absolute Gasteiger partial charge is 0.480 e. The molecule has 0 bridgehead atoms. The lowest BCUT2D eigenvalue weighted by molar-refractivity contribution is -0.137. The molecule has 0 saturated carbocycles. The molecule has 0 aromatic heterocycles. The highest BCUT2D eigenvalue weighted by molar-refractivity contribution is 9.10. The van der Waals surface area contributed by atoms with E-state index in [1.165, 1.54) is 4.90 Å². The van der Waals surface area contributed by atoms with Gasteiger partial charge in [0.15, 0.2) is 0 Å². The fourth-order valence-electron chi connectivity index (χ4n) is 1.42. The number of carboxylic acid groups (broad SMARTS) is 1. The highest BCUT2D eigenvalue weighted by atomic mass is 79.9. The maximum absolute atomic E-state index is 12.0. The van der Waals surface area contributed by atoms with Crippen LogP contribution in [0.15, 0.2) is 22.7 Å². The Kier molecular flexibility index (Phi) is 5.62. The van der Waals surface area contributed by atoms with Crippen molar-refractivity contribution in [3.05, 3.63) is 27.7 Å². The minimum absolute atomic E-state index is 0.228. The number of carbonyl (C=O) groups is 2. The number of nitrogens with one attached hydrogen (secondary N) is 1. The molecule has 1 rings (SSSR count). The first kappa shape index (κ1) is 15.8. The zero-order valence-corrected chi connectivity index (χ0v) is 12.8. The molecule has 1 aromatic carbocycles. The van der Waals surface area contributed by atoms with Gasteiger partial charge in [0.25, 0.3) is 0 Å². The molecule has 19 heavy (non-hydrogen) atoms. The topological polar surface area (TPSA) is 69.6 Å². The van der Waals surface area contributed by atoms with Crippen LogP contribution in [-0.4, -0.2) is 34.6 Å². The van der Waals surface area contributed by atoms with Gasteiger partial charge in [-0.05, 0) is 41.9 Å². The van der Waals surface area contributed by atoms with Gasteiger partial charge in [-0.25, -0.2) is 4.79 Å². The second kappa shape index (κ2) is 6.77. The molecule has 0 radical (unpaired) electrons. The van der Waals surface area contributed by atoms with Gasteiger partial charge in [-0.1, -0.05) is 17.7 Å². The second-order valence-corrected chi connectivity index (χ2v) is 5.35. The van der Waals surface area contributed by atoms with Crippen LogP contribution in [0.3, 0.4) is 0 Å². The van der Waals surface area contributed by atoms with Crippen molar-refractivity contribution in [1.82, 2.24) is 4.90 Å². The Balaban J connectivity index is 2.87. The average molecular weight is 350 g/mol. The van der Waals surface area contributed by atoms with Crippen LogP contribution in [0.1, 0.15) is 13.8 Å². The third-order valence-corrected chi connectivity index (χ3v) is 3.78. The molecule has 7 heteroatoms. The van der Waals surface area contributed by atoms with Crippen LogP contribution in [0, 0.1) is 0 Å². The predicted octanol–water partition coefficient (Wildman–Crippen LogP) is 3.43. The number of urea groups is 1. The zero-order chi connectivity index (χ0) is 14.6. The molecule has 0 spiro atoms. The Morgan fingerprint density at radius 1 is 1.47 bits per heavy atom. The summed E-state index contributed by atoms with van der Waals surface area (Å²) in [6.45, 7) is 3.13. The van der Waals surface area contributed by atoms with Gasteiger partial charge >= 0.3 is 12.0 Å². The normalized spacial score (nSPS) is 10.4. The third-order valence-electron chi connectivity index (χ3n) is 2.38. The summed E-state index contributed by atoms with van der Waals surface area (Å²) in [6.07, 6.45) is 0. The number of halogens is 2. The SMILES string of the molecule is CC(C)N(CC(=O)O)C(=O)Nc1cccc(Cl)c1Br. The van der Waals surface area contributed by atoms with Crippen LogP contribution >= 0.6 is 27.5 Å². The van der Waals surface area contributed by atoms with Crippen molar-refractivity contribution in [2.24, 2.45) is 0 Å². The number of carboxylic acids is 1. The maximum atomic E-state index is 12.0. The van der Waals surface area contributed by atoms with Crippen molar-refractivity contribution < 1.29 is 14.7 Å². The smallest absolute Gasteiger partial charge is 0.323 e. The first-order valence-corrected chi connectivity index (χ1v) is 6.73. The Hall–Kier alpha value is -1.27. The zero-order valence-electron chi connectivity index (χ0n) is 10.5. The summed E-state index contributed by atoms with van der Waals surface area (Å²) < 4.78 is 0.559. The summed E-state index contributed by atoms with van der Waals surface area (Å²) in [5, 5.41) is 11.9. The fourth-order valence-corrected chi connectivity index (χ4v) is 1.96. The lowest BCUT2D eigenvalue weighted by Gasteiger charge is -2.25. The predicted molar refractivity (Wildman–Crippen MR) is 77.6 cm³/mol. The number of hydrogen-bond acceptors (Lipinski definition) is 2. The summed E-state index contributed by atoms with van der Waals surface area (Å²) in [5.41, 5.74) is 0.494. The van der Waals surface area contributed by atoms with Gasteiger partial charge in [-0.3, -0.25) is 4.79 Å². The molecule has 5 nitrogen and oxygen atoms in total. The van der Waals surface area contributed by atoms with E-state index < -0.39 is 12.0 Å². The summed E-state index contributed by atoms with van der Waals surface area (Å²) >= 11 is 9.18. The Morgan fingerprint density at radius 3 is 2.63 bits per heavy atom. The standard InChI is InChI=1S/C12H14BrClN2O3/c1-7(2)16(6-10(17)18)12(19)15-9-5-3-4-8(14)11(9)13/h3-5,7H,6H2,1-2H3,(H,15,19)(H,17,18). The van der Waals surface area contributed by atoms with Gasteiger partial charge in [0.2, 0.25) is 0 Å². The fraction of sp³-hybridized carbons (Fsp3) is 0.333. The Morgan fingerprint density at radius 2 is 2.11 bits per heavy atom. The minimum atomic E-state index is -1.06. The number of amides is 2. The number of nitrogens with zero attached hydrogens (tertiary/aromatic N) is 1. The summed E-state index contributed by atoms with van der Waals surface area (Å²) in [5.74, 6) is -1.06. The van der Waals surface area contributed by atoms with Crippen LogP contribution in [-0.2, 0) is 4.79 Å². The first-order chi connectivity index (χ1) is 8.82. The molecule has 0 atom stereocenters. The van der Waals surface area contributed by atoms with Crippen molar-refractivity contribution in [1.29, 1.82) is 0 Å². The number of aliphatic carboxylic acids is 1. The number of anilines is 1. The van der Waals surface area contributed by atoms with E-state index in [0.717, 1.165) is 0 Å². The van der Waals surface area contributed by atoms with Crippen LogP contribution in [0.2, 0.25) is 5.02 Å². The lowest BCUT2D eigenvalue weighted by Crippen LogP contribution is -2.43. The quantitative estimate of drug-likeness (QED) is 0.875. The number of hydrogen-bond donors (Lipinski definition) is 2. The molecule has 1 aromatic rings. The molecule has 0 aliphatic heterocycles. The van der Waals surface area contributed by atoms with Crippen molar-refractivity contribution in [2.45, 2.75) is 19.9 Å². The van der Waals surface area contributed by atoms with E-state index >= 15 is 0 Å². The highest BCUT2D eigenvalue weighted by Gasteiger charge is 2.20. The molecular weight excluding hydrogens is 336 g/mol. The molecule has 0 saturated heterocycles. The molecular formula is C12H14BrClN2O3. The van der Waals surface area contributed by atoms with E-state index in [4.69, 9.17) is 16.7 Å². The molecule has 104 valence electrons. The second-order valence-electron chi connectivity index (χ2n) is 4.15. The van der Waals surface area contributed by atoms with Crippen LogP contribution < -0.4 is 5.32 Å². The van der Waals surface area contributed by atoms with E-state index in [1.54, 1.807) is 32.0 Å². The Bertz CT molecular complexity index is 494. The van der Waals surface area contributed by atoms with Crippen molar-refractivity contribution in [3.63, 3.8) is 0 Å². The van der Waals surface area contributed by atoms with Gasteiger partial charge in [-0.15, -0.1) is 0 Å². The van der Waals surface area contributed by atoms with Crippen molar-refractivity contribution in [3.8, 4) is 0 Å². The third kappa shape index (κ3) is 4.40. The van der Waals surface area contributed by atoms with Crippen LogP contribution in [0.4, 0.5) is 10.5 Å². The summed E-state index contributed by atoms with van der Waals surface area (Å²) in [4.78, 5) is 24.0. The van der Waals surface area contributed by atoms with E-state index in [-0.39, 0.29) is 12.6 Å². The number of benzene rings is 1. The summed E-state index contributed by atoms with van der Waals surface area (Å²) in [6, 6.07) is 4.33. The van der Waals surface area contributed by atoms with E-state index in [2.05, 4.69) is 21.2 Å². The van der Waals surface area contributed by atoms with E-state index in [1.807, 2.05) is 0 Å². The molecule has 0 aliphatic carbocycles. The van der Waals surface area contributed by atoms with E-state index in [0.29, 0.717) is 15.2 Å². The molecule has 0 heterocycles. The van der Waals surface area contributed by atoms with Gasteiger partial charge in [-0.2, -0.15) is 0 Å². The first-order valence-electron chi connectivity index (χ1n) is 5.56. The summed E-state index contributed by atoms with van der Waals surface area (Å²) in [7, 11) is 0. The van der Waals surface area contributed by atoms with E-state index in [9.17, 15) is 9.59 Å². The van der Waals surface area contributed by atoms with Crippen LogP contribution in [0.25, 0.3) is 0 Å². The number of rotatable bonds is 4. The molecule has 2 N–H and O–H groups in total. The number of carbonyl (C=O) groups excluding carboxylic acids is 1. The van der Waals surface area contributed by atoms with Crippen LogP contribution in [0.5, 0.6) is 0 Å². The van der Waals surface area contributed by atoms with Gasteiger partial charge in [0, 0.05) is 6.04 Å². The average Bonchev–Trinajstić information content (AvgIpc) is 2.31. The Labute approximate surface area is 124 Å². The molecule has 2 amide bonds. The molecule has 0 fully saturated rings. The minimum Gasteiger partial charge on any atom is -0.480 e. The van der Waals surface area contributed by atoms with Gasteiger partial charge in [0.05, 0.1) is 15.2 Å². The van der Waals surface area contributed by atoms with Crippen molar-refractivity contribution in [2.75, 3.05) is 11.9 Å². The van der Waals surface area contributed by atoms with Crippen molar-refractivity contribution >= 4 is 45.2 Å². The molecule has 0 unspecified atom stereocenters. The molecule has 0 aliphatic rings.